The number of halogens is 1. The minimum absolute atomic E-state index is 0. The number of hydrogen-bond acceptors (Lipinski definition) is 5. The lowest BCUT2D eigenvalue weighted by Crippen LogP contribution is -2.36. The fourth-order valence-electron chi connectivity index (χ4n) is 3.26. The Labute approximate surface area is 156 Å². The lowest BCUT2D eigenvalue weighted by Gasteiger charge is -2.31. The van der Waals surface area contributed by atoms with Crippen LogP contribution < -0.4 is 9.47 Å². The summed E-state index contributed by atoms with van der Waals surface area (Å²) in [5.74, 6) is 1.29. The second kappa shape index (κ2) is 9.88. The molecule has 2 aliphatic heterocycles. The standard InChI is InChI=1S/C19H27NO4.ClH/c1-2-3-9-20-10-7-15(8-11-20)14-24-19(21)16-5-4-6-17-18(16)23-13-12-22-17;/h4-6,15H,2-3,7-14H2,1H3;1H. The van der Waals surface area contributed by atoms with Gasteiger partial charge in [0.2, 0.25) is 0 Å². The number of likely N-dealkylation sites (tertiary alicyclic amines) is 1. The molecule has 1 aromatic carbocycles. The van der Waals surface area contributed by atoms with Gasteiger partial charge in [-0.2, -0.15) is 0 Å². The number of rotatable bonds is 6. The first-order chi connectivity index (χ1) is 11.8. The Morgan fingerprint density at radius 2 is 2.00 bits per heavy atom. The van der Waals surface area contributed by atoms with Gasteiger partial charge >= 0.3 is 5.97 Å². The van der Waals surface area contributed by atoms with Gasteiger partial charge in [0, 0.05) is 0 Å². The number of carbonyl (C=O) groups excluding carboxylic acids is 1. The highest BCUT2D eigenvalue weighted by atomic mass is 35.5. The topological polar surface area (TPSA) is 48.0 Å². The molecule has 0 spiro atoms. The maximum Gasteiger partial charge on any atom is 0.342 e. The van der Waals surface area contributed by atoms with E-state index in [0.29, 0.717) is 42.8 Å². The summed E-state index contributed by atoms with van der Waals surface area (Å²) in [4.78, 5) is 14.9. The number of unbranched alkanes of at least 4 members (excludes halogenated alkanes) is 1. The van der Waals surface area contributed by atoms with Gasteiger partial charge < -0.3 is 19.1 Å². The van der Waals surface area contributed by atoms with E-state index in [1.54, 1.807) is 12.1 Å². The van der Waals surface area contributed by atoms with Crippen molar-refractivity contribution < 1.29 is 19.0 Å². The first kappa shape index (κ1) is 19.9. The Bertz CT molecular complexity index is 558. The van der Waals surface area contributed by atoms with Gasteiger partial charge in [-0.3, -0.25) is 0 Å². The number of ether oxygens (including phenoxy) is 3. The van der Waals surface area contributed by atoms with Crippen LogP contribution >= 0.6 is 12.4 Å². The lowest BCUT2D eigenvalue weighted by atomic mass is 9.97. The molecule has 0 bridgehead atoms. The number of esters is 1. The molecule has 0 aliphatic carbocycles. The van der Waals surface area contributed by atoms with Crippen LogP contribution in [0, 0.1) is 5.92 Å². The molecule has 140 valence electrons. The predicted molar refractivity (Wildman–Crippen MR) is 99.0 cm³/mol. The van der Waals surface area contributed by atoms with E-state index in [4.69, 9.17) is 14.2 Å². The van der Waals surface area contributed by atoms with E-state index in [-0.39, 0.29) is 18.4 Å². The molecule has 2 heterocycles. The average Bonchev–Trinajstić information content (AvgIpc) is 2.64. The summed E-state index contributed by atoms with van der Waals surface area (Å²) >= 11 is 0. The average molecular weight is 370 g/mol. The van der Waals surface area contributed by atoms with E-state index in [2.05, 4.69) is 11.8 Å². The number of piperidine rings is 1. The Hall–Kier alpha value is -1.46. The molecule has 0 radical (unpaired) electrons. The first-order valence-corrected chi connectivity index (χ1v) is 9.06. The largest absolute Gasteiger partial charge is 0.486 e. The second-order valence-corrected chi connectivity index (χ2v) is 6.57. The third kappa shape index (κ3) is 5.25. The molecule has 0 aromatic heterocycles. The van der Waals surface area contributed by atoms with Crippen molar-refractivity contribution in [2.75, 3.05) is 39.5 Å². The SMILES string of the molecule is CCCCN1CCC(COC(=O)c2cccc3c2OCCO3)CC1.Cl. The lowest BCUT2D eigenvalue weighted by molar-refractivity contribution is 0.0363. The normalized spacial score (nSPS) is 17.6. The molecule has 1 fully saturated rings. The molecular weight excluding hydrogens is 342 g/mol. The number of hydrogen-bond donors (Lipinski definition) is 0. The van der Waals surface area contributed by atoms with Gasteiger partial charge in [0.05, 0.1) is 6.61 Å². The van der Waals surface area contributed by atoms with E-state index in [9.17, 15) is 4.79 Å². The minimum Gasteiger partial charge on any atom is -0.486 e. The number of carbonyl (C=O) groups is 1. The third-order valence-corrected chi connectivity index (χ3v) is 4.77. The molecule has 0 atom stereocenters. The smallest absolute Gasteiger partial charge is 0.342 e. The zero-order chi connectivity index (χ0) is 16.8. The molecule has 0 saturated carbocycles. The van der Waals surface area contributed by atoms with Crippen molar-refractivity contribution in [2.45, 2.75) is 32.6 Å². The molecule has 1 saturated heterocycles. The summed E-state index contributed by atoms with van der Waals surface area (Å²) in [5.41, 5.74) is 0.465. The Balaban J connectivity index is 0.00000225. The quantitative estimate of drug-likeness (QED) is 0.718. The van der Waals surface area contributed by atoms with Crippen LogP contribution in [0.1, 0.15) is 43.0 Å². The van der Waals surface area contributed by atoms with Gasteiger partial charge in [-0.05, 0) is 56.9 Å². The first-order valence-electron chi connectivity index (χ1n) is 9.06. The van der Waals surface area contributed by atoms with Crippen LogP contribution in [0.4, 0.5) is 0 Å². The van der Waals surface area contributed by atoms with Gasteiger partial charge in [-0.15, -0.1) is 12.4 Å². The summed E-state index contributed by atoms with van der Waals surface area (Å²) in [5, 5.41) is 0. The highest BCUT2D eigenvalue weighted by Crippen LogP contribution is 2.34. The van der Waals surface area contributed by atoms with Crippen LogP contribution in [-0.2, 0) is 4.74 Å². The highest BCUT2D eigenvalue weighted by molar-refractivity contribution is 5.93. The number of benzene rings is 1. The summed E-state index contributed by atoms with van der Waals surface area (Å²) < 4.78 is 16.7. The van der Waals surface area contributed by atoms with Crippen molar-refractivity contribution in [3.8, 4) is 11.5 Å². The third-order valence-electron chi connectivity index (χ3n) is 4.77. The Morgan fingerprint density at radius 3 is 2.76 bits per heavy atom. The molecule has 5 nitrogen and oxygen atoms in total. The van der Waals surface area contributed by atoms with E-state index in [0.717, 1.165) is 25.9 Å². The van der Waals surface area contributed by atoms with Gasteiger partial charge in [0.1, 0.15) is 18.8 Å². The van der Waals surface area contributed by atoms with Crippen LogP contribution in [0.3, 0.4) is 0 Å². The van der Waals surface area contributed by atoms with E-state index in [1.165, 1.54) is 19.4 Å². The molecule has 3 rings (SSSR count). The van der Waals surface area contributed by atoms with Gasteiger partial charge in [-0.1, -0.05) is 19.4 Å². The van der Waals surface area contributed by atoms with E-state index < -0.39 is 0 Å². The summed E-state index contributed by atoms with van der Waals surface area (Å²) in [6.07, 6.45) is 4.71. The fraction of sp³-hybridized carbons (Fsp3) is 0.632. The zero-order valence-electron chi connectivity index (χ0n) is 14.9. The maximum absolute atomic E-state index is 12.4. The predicted octanol–water partition coefficient (Wildman–Crippen LogP) is 3.55. The fourth-order valence-corrected chi connectivity index (χ4v) is 3.26. The van der Waals surface area contributed by atoms with E-state index in [1.807, 2.05) is 6.07 Å². The molecule has 1 aromatic rings. The van der Waals surface area contributed by atoms with Crippen molar-refractivity contribution in [3.63, 3.8) is 0 Å². The van der Waals surface area contributed by atoms with Crippen molar-refractivity contribution in [1.82, 2.24) is 4.90 Å². The zero-order valence-corrected chi connectivity index (χ0v) is 15.7. The monoisotopic (exact) mass is 369 g/mol. The van der Waals surface area contributed by atoms with Gasteiger partial charge in [0.25, 0.3) is 0 Å². The van der Waals surface area contributed by atoms with Crippen LogP contribution in [0.15, 0.2) is 18.2 Å². The number of fused-ring (bicyclic) bond motifs is 1. The maximum atomic E-state index is 12.4. The molecule has 25 heavy (non-hydrogen) atoms. The Morgan fingerprint density at radius 1 is 1.24 bits per heavy atom. The van der Waals surface area contributed by atoms with Crippen LogP contribution in [0.25, 0.3) is 0 Å². The molecule has 2 aliphatic rings. The van der Waals surface area contributed by atoms with Gasteiger partial charge in [-0.25, -0.2) is 4.79 Å². The van der Waals surface area contributed by atoms with Crippen molar-refractivity contribution in [2.24, 2.45) is 5.92 Å². The minimum atomic E-state index is -0.314. The molecule has 0 N–H and O–H groups in total. The molecule has 0 amide bonds. The molecule has 6 heteroatoms. The summed E-state index contributed by atoms with van der Waals surface area (Å²) in [6.45, 7) is 7.11. The van der Waals surface area contributed by atoms with E-state index >= 15 is 0 Å². The molecular formula is C19H28ClNO4. The second-order valence-electron chi connectivity index (χ2n) is 6.57. The van der Waals surface area contributed by atoms with Crippen molar-refractivity contribution in [3.05, 3.63) is 23.8 Å². The van der Waals surface area contributed by atoms with Crippen LogP contribution in [0.2, 0.25) is 0 Å². The summed E-state index contributed by atoms with van der Waals surface area (Å²) in [6, 6.07) is 5.36. The van der Waals surface area contributed by atoms with Gasteiger partial charge in [0.15, 0.2) is 11.5 Å². The number of nitrogens with zero attached hydrogens (tertiary/aromatic N) is 1. The summed E-state index contributed by atoms with van der Waals surface area (Å²) in [7, 11) is 0. The van der Waals surface area contributed by atoms with Crippen LogP contribution in [-0.4, -0.2) is 50.3 Å². The van der Waals surface area contributed by atoms with Crippen molar-refractivity contribution in [1.29, 1.82) is 0 Å². The molecule has 0 unspecified atom stereocenters. The number of para-hydroxylation sites is 1. The highest BCUT2D eigenvalue weighted by Gasteiger charge is 2.24. The Kier molecular flexibility index (Phi) is 7.85. The van der Waals surface area contributed by atoms with Crippen LogP contribution in [0.5, 0.6) is 11.5 Å². The van der Waals surface area contributed by atoms with Crippen molar-refractivity contribution >= 4 is 18.4 Å².